The summed E-state index contributed by atoms with van der Waals surface area (Å²) in [5.41, 5.74) is 6.91. The number of hydrogen-bond acceptors (Lipinski definition) is 1. The van der Waals surface area contributed by atoms with Gasteiger partial charge in [0.15, 0.2) is 0 Å². The summed E-state index contributed by atoms with van der Waals surface area (Å²) in [5.74, 6) is 0.519. The first-order chi connectivity index (χ1) is 9.13. The summed E-state index contributed by atoms with van der Waals surface area (Å²) in [6, 6.07) is 16.2. The van der Waals surface area contributed by atoms with E-state index in [1.807, 2.05) is 0 Å². The van der Waals surface area contributed by atoms with Crippen molar-refractivity contribution in [1.29, 1.82) is 0 Å². The molecule has 1 nitrogen and oxygen atoms in total. The lowest BCUT2D eigenvalue weighted by molar-refractivity contribution is 0.614. The number of para-hydroxylation sites is 1. The lowest BCUT2D eigenvalue weighted by atomic mass is 9.81. The molecule has 2 atom stereocenters. The number of hydrogen-bond donors (Lipinski definition) is 1. The highest BCUT2D eigenvalue weighted by molar-refractivity contribution is 5.58. The van der Waals surface area contributed by atoms with Crippen LogP contribution < -0.4 is 5.32 Å². The lowest BCUT2D eigenvalue weighted by Gasteiger charge is -2.32. The van der Waals surface area contributed by atoms with E-state index in [9.17, 15) is 0 Å². The maximum atomic E-state index is 3.59. The van der Waals surface area contributed by atoms with Gasteiger partial charge in [0.2, 0.25) is 0 Å². The predicted molar refractivity (Wildman–Crippen MR) is 81.9 cm³/mol. The lowest BCUT2D eigenvalue weighted by Crippen LogP contribution is -2.25. The Kier molecular flexibility index (Phi) is 3.06. The summed E-state index contributed by atoms with van der Waals surface area (Å²) >= 11 is 0. The maximum Gasteiger partial charge on any atom is 0.0381 e. The molecule has 2 unspecified atom stereocenters. The first-order valence-corrected chi connectivity index (χ1v) is 7.07. The quantitative estimate of drug-likeness (QED) is 0.778. The van der Waals surface area contributed by atoms with Crippen molar-refractivity contribution < 1.29 is 0 Å². The number of anilines is 1. The molecule has 2 aromatic rings. The van der Waals surface area contributed by atoms with Crippen molar-refractivity contribution in [3.8, 4) is 0 Å². The molecule has 19 heavy (non-hydrogen) atoms. The summed E-state index contributed by atoms with van der Waals surface area (Å²) in [6.45, 7) is 6.64. The maximum absolute atomic E-state index is 3.59. The van der Waals surface area contributed by atoms with E-state index in [0.29, 0.717) is 12.0 Å². The van der Waals surface area contributed by atoms with E-state index < -0.39 is 0 Å². The normalized spacial score (nSPS) is 21.6. The second-order valence-corrected chi connectivity index (χ2v) is 5.84. The highest BCUT2D eigenvalue weighted by Gasteiger charge is 2.25. The smallest absolute Gasteiger partial charge is 0.0381 e. The van der Waals surface area contributed by atoms with Crippen molar-refractivity contribution in [3.63, 3.8) is 0 Å². The van der Waals surface area contributed by atoms with Crippen molar-refractivity contribution in [1.82, 2.24) is 0 Å². The summed E-state index contributed by atoms with van der Waals surface area (Å²) in [4.78, 5) is 0. The molecule has 0 amide bonds. The van der Waals surface area contributed by atoms with Gasteiger partial charge in [0.05, 0.1) is 0 Å². The molecule has 0 bridgehead atoms. The van der Waals surface area contributed by atoms with Gasteiger partial charge in [-0.25, -0.2) is 0 Å². The zero-order chi connectivity index (χ0) is 13.4. The van der Waals surface area contributed by atoms with Crippen molar-refractivity contribution in [3.05, 3.63) is 64.7 Å². The molecule has 0 fully saturated rings. The molecule has 0 aromatic heterocycles. The van der Waals surface area contributed by atoms with Gasteiger partial charge in [-0.2, -0.15) is 0 Å². The Hall–Kier alpha value is -1.76. The van der Waals surface area contributed by atoms with Crippen LogP contribution in [0.3, 0.4) is 0 Å². The van der Waals surface area contributed by atoms with E-state index in [-0.39, 0.29) is 0 Å². The average molecular weight is 251 g/mol. The zero-order valence-corrected chi connectivity index (χ0v) is 11.9. The van der Waals surface area contributed by atoms with E-state index in [0.717, 1.165) is 0 Å². The second kappa shape index (κ2) is 4.73. The van der Waals surface area contributed by atoms with Crippen molar-refractivity contribution in [2.45, 2.75) is 39.2 Å². The molecule has 0 aliphatic carbocycles. The Morgan fingerprint density at radius 2 is 1.68 bits per heavy atom. The van der Waals surface area contributed by atoms with Gasteiger partial charge in [0.1, 0.15) is 0 Å². The van der Waals surface area contributed by atoms with Gasteiger partial charge < -0.3 is 5.32 Å². The van der Waals surface area contributed by atoms with E-state index in [1.54, 1.807) is 0 Å². The summed E-state index contributed by atoms with van der Waals surface area (Å²) in [7, 11) is 0. The summed E-state index contributed by atoms with van der Waals surface area (Å²) in [5, 5.41) is 3.59. The molecule has 1 N–H and O–H groups in total. The molecule has 1 aliphatic heterocycles. The molecule has 98 valence electrons. The number of benzene rings is 2. The Bertz CT molecular complexity index is 580. The van der Waals surface area contributed by atoms with E-state index >= 15 is 0 Å². The molecular formula is C18H21N. The fourth-order valence-electron chi connectivity index (χ4n) is 3.26. The van der Waals surface area contributed by atoms with Crippen LogP contribution in [0.15, 0.2) is 42.5 Å². The first-order valence-electron chi connectivity index (χ1n) is 7.07. The number of fused-ring (bicyclic) bond motifs is 1. The van der Waals surface area contributed by atoms with Gasteiger partial charge in [-0.3, -0.25) is 0 Å². The Morgan fingerprint density at radius 3 is 2.42 bits per heavy atom. The van der Waals surface area contributed by atoms with Crippen LogP contribution in [0.1, 0.15) is 41.5 Å². The van der Waals surface area contributed by atoms with Crippen molar-refractivity contribution in [2.24, 2.45) is 0 Å². The number of aryl methyl sites for hydroxylation is 2. The third-order valence-electron chi connectivity index (χ3n) is 3.97. The van der Waals surface area contributed by atoms with Gasteiger partial charge in [-0.1, -0.05) is 47.5 Å². The van der Waals surface area contributed by atoms with Crippen LogP contribution in [0, 0.1) is 13.8 Å². The van der Waals surface area contributed by atoms with Crippen LogP contribution in [0.25, 0.3) is 0 Å². The van der Waals surface area contributed by atoms with Crippen molar-refractivity contribution >= 4 is 5.69 Å². The highest BCUT2D eigenvalue weighted by atomic mass is 14.9. The molecule has 0 radical (unpaired) electrons. The van der Waals surface area contributed by atoms with E-state index in [4.69, 9.17) is 0 Å². The molecular weight excluding hydrogens is 230 g/mol. The molecule has 1 heteroatoms. The summed E-state index contributed by atoms with van der Waals surface area (Å²) < 4.78 is 0. The zero-order valence-electron chi connectivity index (χ0n) is 11.9. The van der Waals surface area contributed by atoms with Crippen molar-refractivity contribution in [2.75, 3.05) is 5.32 Å². The predicted octanol–water partition coefficient (Wildman–Crippen LogP) is 4.64. The SMILES string of the molecule is Cc1cc(C)cc(C2CC(C)Nc3ccccc32)c1. The minimum Gasteiger partial charge on any atom is -0.382 e. The van der Waals surface area contributed by atoms with Crippen LogP contribution in [-0.4, -0.2) is 6.04 Å². The van der Waals surface area contributed by atoms with Crippen LogP contribution in [-0.2, 0) is 0 Å². The fourth-order valence-corrected chi connectivity index (χ4v) is 3.26. The summed E-state index contributed by atoms with van der Waals surface area (Å²) in [6.07, 6.45) is 1.17. The Balaban J connectivity index is 2.09. The topological polar surface area (TPSA) is 12.0 Å². The molecule has 2 aromatic carbocycles. The third kappa shape index (κ3) is 2.37. The third-order valence-corrected chi connectivity index (χ3v) is 3.97. The largest absolute Gasteiger partial charge is 0.382 e. The average Bonchev–Trinajstić information content (AvgIpc) is 2.36. The van der Waals surface area contributed by atoms with Gasteiger partial charge in [0, 0.05) is 17.6 Å². The van der Waals surface area contributed by atoms with E-state index in [1.165, 1.54) is 34.4 Å². The van der Waals surface area contributed by atoms with Gasteiger partial charge in [-0.15, -0.1) is 0 Å². The van der Waals surface area contributed by atoms with Crippen LogP contribution in [0.2, 0.25) is 0 Å². The van der Waals surface area contributed by atoms with Crippen LogP contribution in [0.5, 0.6) is 0 Å². The Labute approximate surface area is 115 Å². The van der Waals surface area contributed by atoms with Crippen LogP contribution >= 0.6 is 0 Å². The second-order valence-electron chi connectivity index (χ2n) is 5.84. The minimum absolute atomic E-state index is 0.519. The van der Waals surface area contributed by atoms with Gasteiger partial charge in [0.25, 0.3) is 0 Å². The highest BCUT2D eigenvalue weighted by Crippen LogP contribution is 2.38. The monoisotopic (exact) mass is 251 g/mol. The van der Waals surface area contributed by atoms with E-state index in [2.05, 4.69) is 68.6 Å². The van der Waals surface area contributed by atoms with Gasteiger partial charge >= 0.3 is 0 Å². The molecule has 0 spiro atoms. The molecule has 1 heterocycles. The number of nitrogens with one attached hydrogen (secondary N) is 1. The van der Waals surface area contributed by atoms with Crippen LogP contribution in [0.4, 0.5) is 5.69 Å². The minimum atomic E-state index is 0.519. The molecule has 3 rings (SSSR count). The molecule has 0 saturated heterocycles. The molecule has 0 saturated carbocycles. The molecule has 1 aliphatic rings. The van der Waals surface area contributed by atoms with Gasteiger partial charge in [-0.05, 0) is 44.4 Å². The fraction of sp³-hybridized carbons (Fsp3) is 0.333. The first kappa shape index (κ1) is 12.3. The Morgan fingerprint density at radius 1 is 1.00 bits per heavy atom. The number of rotatable bonds is 1. The standard InChI is InChI=1S/C18H21N/c1-12-8-13(2)10-15(9-12)17-11-14(3)19-18-7-5-4-6-16(17)18/h4-10,14,17,19H,11H2,1-3H3.